The van der Waals surface area contributed by atoms with E-state index in [1.807, 2.05) is 38.1 Å². The Morgan fingerprint density at radius 1 is 1.28 bits per heavy atom. The van der Waals surface area contributed by atoms with Gasteiger partial charge in [0.05, 0.1) is 6.04 Å². The van der Waals surface area contributed by atoms with E-state index < -0.39 is 0 Å². The van der Waals surface area contributed by atoms with Gasteiger partial charge in [-0.25, -0.2) is 9.97 Å². The van der Waals surface area contributed by atoms with E-state index in [4.69, 9.17) is 17.3 Å². The Hall–Kier alpha value is -1.81. The molecular weight excluding hydrogens is 248 g/mol. The molecule has 0 radical (unpaired) electrons. The van der Waals surface area contributed by atoms with E-state index in [0.29, 0.717) is 5.82 Å². The second kappa shape index (κ2) is 5.23. The van der Waals surface area contributed by atoms with E-state index in [1.54, 1.807) is 0 Å². The summed E-state index contributed by atoms with van der Waals surface area (Å²) < 4.78 is 0. The minimum absolute atomic E-state index is 0.0479. The Morgan fingerprint density at radius 3 is 2.72 bits per heavy atom. The van der Waals surface area contributed by atoms with Crippen molar-refractivity contribution in [2.75, 3.05) is 11.1 Å². The lowest BCUT2D eigenvalue weighted by atomic mass is 10.1. The Balaban J connectivity index is 2.24. The number of rotatable bonds is 3. The normalized spacial score (nSPS) is 12.2. The highest BCUT2D eigenvalue weighted by atomic mass is 35.5. The lowest BCUT2D eigenvalue weighted by Crippen LogP contribution is -2.11. The zero-order valence-electron chi connectivity index (χ0n) is 10.3. The highest BCUT2D eigenvalue weighted by Crippen LogP contribution is 2.26. The van der Waals surface area contributed by atoms with Gasteiger partial charge in [-0.05, 0) is 25.5 Å². The van der Waals surface area contributed by atoms with Crippen LogP contribution in [0.1, 0.15) is 24.1 Å². The topological polar surface area (TPSA) is 63.8 Å². The summed E-state index contributed by atoms with van der Waals surface area (Å²) in [5.74, 6) is 1.22. The molecule has 0 aliphatic heterocycles. The van der Waals surface area contributed by atoms with E-state index in [2.05, 4.69) is 15.3 Å². The van der Waals surface area contributed by atoms with Crippen LogP contribution in [0.4, 0.5) is 11.6 Å². The van der Waals surface area contributed by atoms with Crippen LogP contribution in [0.15, 0.2) is 30.6 Å². The van der Waals surface area contributed by atoms with Crippen LogP contribution in [0, 0.1) is 6.92 Å². The number of nitrogens with one attached hydrogen (secondary N) is 1. The van der Waals surface area contributed by atoms with Crippen molar-refractivity contribution in [3.8, 4) is 0 Å². The van der Waals surface area contributed by atoms with Crippen molar-refractivity contribution in [1.29, 1.82) is 0 Å². The first-order valence-electron chi connectivity index (χ1n) is 5.67. The molecule has 0 aliphatic carbocycles. The number of aromatic nitrogens is 2. The third-order valence-electron chi connectivity index (χ3n) is 2.85. The van der Waals surface area contributed by atoms with E-state index >= 15 is 0 Å². The van der Waals surface area contributed by atoms with Crippen molar-refractivity contribution in [2.24, 2.45) is 0 Å². The number of nitrogens with zero attached hydrogens (tertiary/aromatic N) is 2. The molecule has 0 saturated heterocycles. The maximum absolute atomic E-state index is 6.16. The van der Waals surface area contributed by atoms with Gasteiger partial charge in [0.1, 0.15) is 18.0 Å². The van der Waals surface area contributed by atoms with Crippen molar-refractivity contribution in [2.45, 2.75) is 19.9 Å². The molecule has 2 aromatic rings. The molecule has 1 atom stereocenters. The molecule has 0 spiro atoms. The third kappa shape index (κ3) is 2.54. The summed E-state index contributed by atoms with van der Waals surface area (Å²) in [5, 5.41) is 4.03. The average Bonchev–Trinajstić information content (AvgIpc) is 2.35. The first kappa shape index (κ1) is 12.6. The van der Waals surface area contributed by atoms with E-state index in [9.17, 15) is 0 Å². The van der Waals surface area contributed by atoms with Gasteiger partial charge in [-0.15, -0.1) is 0 Å². The van der Waals surface area contributed by atoms with Crippen LogP contribution in [-0.2, 0) is 0 Å². The summed E-state index contributed by atoms with van der Waals surface area (Å²) in [7, 11) is 0. The Kier molecular flexibility index (Phi) is 3.67. The molecule has 18 heavy (non-hydrogen) atoms. The molecule has 4 nitrogen and oxygen atoms in total. The van der Waals surface area contributed by atoms with Gasteiger partial charge >= 0.3 is 0 Å². The smallest absolute Gasteiger partial charge is 0.134 e. The Labute approximate surface area is 111 Å². The van der Waals surface area contributed by atoms with Crippen molar-refractivity contribution in [3.63, 3.8) is 0 Å². The highest BCUT2D eigenvalue weighted by Gasteiger charge is 2.11. The molecule has 0 aliphatic rings. The molecule has 0 fully saturated rings. The van der Waals surface area contributed by atoms with Gasteiger partial charge < -0.3 is 11.1 Å². The van der Waals surface area contributed by atoms with Crippen LogP contribution in [0.25, 0.3) is 0 Å². The summed E-state index contributed by atoms with van der Waals surface area (Å²) in [6.45, 7) is 3.91. The molecule has 1 heterocycles. The number of hydrogen-bond acceptors (Lipinski definition) is 4. The Bertz CT molecular complexity index is 556. The summed E-state index contributed by atoms with van der Waals surface area (Å²) in [5.41, 5.74) is 7.62. The van der Waals surface area contributed by atoms with Gasteiger partial charge in [-0.1, -0.05) is 29.8 Å². The van der Waals surface area contributed by atoms with Crippen molar-refractivity contribution in [1.82, 2.24) is 9.97 Å². The monoisotopic (exact) mass is 262 g/mol. The molecule has 1 unspecified atom stereocenters. The van der Waals surface area contributed by atoms with Crippen LogP contribution in [0.3, 0.4) is 0 Å². The number of halogens is 1. The fourth-order valence-electron chi connectivity index (χ4n) is 1.72. The molecule has 1 aromatic carbocycles. The average molecular weight is 263 g/mol. The van der Waals surface area contributed by atoms with Gasteiger partial charge in [0.2, 0.25) is 0 Å². The van der Waals surface area contributed by atoms with E-state index in [-0.39, 0.29) is 6.04 Å². The first-order valence-corrected chi connectivity index (χ1v) is 6.05. The largest absolute Gasteiger partial charge is 0.383 e. The van der Waals surface area contributed by atoms with E-state index in [0.717, 1.165) is 22.0 Å². The van der Waals surface area contributed by atoms with Gasteiger partial charge in [-0.3, -0.25) is 0 Å². The number of nitrogen functional groups attached to an aromatic ring is 1. The number of benzene rings is 1. The van der Waals surface area contributed by atoms with Gasteiger partial charge in [0.15, 0.2) is 0 Å². The zero-order valence-corrected chi connectivity index (χ0v) is 11.1. The molecular formula is C13H15ClN4. The standard InChI is InChI=1S/C13H15ClN4/c1-8-12(15)16-7-17-13(8)18-9(2)10-5-3-4-6-11(10)14/h3-7,9H,1-2H3,(H3,15,16,17,18). The number of hydrogen-bond donors (Lipinski definition) is 2. The molecule has 0 amide bonds. The van der Waals surface area contributed by atoms with Gasteiger partial charge in [0.25, 0.3) is 0 Å². The molecule has 94 valence electrons. The molecule has 3 N–H and O–H groups in total. The molecule has 0 saturated carbocycles. The SMILES string of the molecule is Cc1c(N)ncnc1NC(C)c1ccccc1Cl. The van der Waals surface area contributed by atoms with E-state index in [1.165, 1.54) is 6.33 Å². The van der Waals surface area contributed by atoms with Gasteiger partial charge in [0, 0.05) is 10.6 Å². The maximum Gasteiger partial charge on any atom is 0.134 e. The third-order valence-corrected chi connectivity index (χ3v) is 3.19. The quantitative estimate of drug-likeness (QED) is 0.892. The van der Waals surface area contributed by atoms with Crippen molar-refractivity contribution in [3.05, 3.63) is 46.7 Å². The number of nitrogens with two attached hydrogens (primary N) is 1. The number of anilines is 2. The highest BCUT2D eigenvalue weighted by molar-refractivity contribution is 6.31. The van der Waals surface area contributed by atoms with Crippen LogP contribution in [0.2, 0.25) is 5.02 Å². The molecule has 2 rings (SSSR count). The fourth-order valence-corrected chi connectivity index (χ4v) is 2.02. The predicted molar refractivity (Wildman–Crippen MR) is 74.7 cm³/mol. The molecule has 0 bridgehead atoms. The minimum Gasteiger partial charge on any atom is -0.383 e. The summed E-state index contributed by atoms with van der Waals surface area (Å²) in [6, 6.07) is 7.77. The second-order valence-corrected chi connectivity index (χ2v) is 4.53. The lowest BCUT2D eigenvalue weighted by molar-refractivity contribution is 0.869. The zero-order chi connectivity index (χ0) is 13.1. The maximum atomic E-state index is 6.16. The summed E-state index contributed by atoms with van der Waals surface area (Å²) in [4.78, 5) is 8.13. The molecule has 5 heteroatoms. The van der Waals surface area contributed by atoms with Gasteiger partial charge in [-0.2, -0.15) is 0 Å². The van der Waals surface area contributed by atoms with Crippen LogP contribution in [-0.4, -0.2) is 9.97 Å². The Morgan fingerprint density at radius 2 is 2.00 bits per heavy atom. The lowest BCUT2D eigenvalue weighted by Gasteiger charge is -2.17. The van der Waals surface area contributed by atoms with Crippen molar-refractivity contribution >= 4 is 23.2 Å². The molecule has 1 aromatic heterocycles. The van der Waals surface area contributed by atoms with Crippen LogP contribution < -0.4 is 11.1 Å². The van der Waals surface area contributed by atoms with Crippen LogP contribution in [0.5, 0.6) is 0 Å². The fraction of sp³-hybridized carbons (Fsp3) is 0.231. The first-order chi connectivity index (χ1) is 8.59. The minimum atomic E-state index is 0.0479. The second-order valence-electron chi connectivity index (χ2n) is 4.12. The summed E-state index contributed by atoms with van der Waals surface area (Å²) >= 11 is 6.16. The summed E-state index contributed by atoms with van der Waals surface area (Å²) in [6.07, 6.45) is 1.45. The predicted octanol–water partition coefficient (Wildman–Crippen LogP) is 3.19. The van der Waals surface area contributed by atoms with Crippen molar-refractivity contribution < 1.29 is 0 Å². The van der Waals surface area contributed by atoms with Crippen LogP contribution >= 0.6 is 11.6 Å².